The van der Waals surface area contributed by atoms with Gasteiger partial charge in [0.1, 0.15) is 11.2 Å². The fraction of sp³-hybridized carbons (Fsp3) is 0.100. The number of nitrogens with one attached hydrogen (secondary N) is 1. The fourth-order valence-corrected chi connectivity index (χ4v) is 1.57. The van der Waals surface area contributed by atoms with Crippen LogP contribution in [-0.2, 0) is 0 Å². The van der Waals surface area contributed by atoms with Crippen molar-refractivity contribution in [1.29, 1.82) is 0 Å². The van der Waals surface area contributed by atoms with Gasteiger partial charge in [-0.2, -0.15) is 0 Å². The van der Waals surface area contributed by atoms with Gasteiger partial charge in [-0.3, -0.25) is 9.59 Å². The lowest BCUT2D eigenvalue weighted by atomic mass is 10.1. The number of hydrogen-bond acceptors (Lipinski definition) is 4. The van der Waals surface area contributed by atoms with Gasteiger partial charge in [0.05, 0.1) is 12.7 Å². The molecule has 7 heteroatoms. The average Bonchev–Trinajstić information content (AvgIpc) is 2.70. The van der Waals surface area contributed by atoms with Crippen LogP contribution in [0.15, 0.2) is 12.3 Å². The minimum absolute atomic E-state index is 0.0106. The van der Waals surface area contributed by atoms with E-state index in [1.165, 1.54) is 19.4 Å². The third kappa shape index (κ3) is 1.67. The molecule has 0 atom stereocenters. The molecule has 0 saturated carbocycles. The molecule has 88 valence electrons. The van der Waals surface area contributed by atoms with Crippen molar-refractivity contribution >= 4 is 22.7 Å². The molecule has 0 aliphatic carbocycles. The number of methoxy groups -OCH3 is 1. The molecule has 2 aromatic rings. The third-order valence-corrected chi connectivity index (χ3v) is 2.35. The van der Waals surface area contributed by atoms with Gasteiger partial charge in [0.15, 0.2) is 0 Å². The first kappa shape index (κ1) is 10.9. The average molecular weight is 234 g/mol. The number of H-pyrrole nitrogens is 1. The van der Waals surface area contributed by atoms with Crippen LogP contribution in [0.25, 0.3) is 10.9 Å². The number of pyridine rings is 1. The number of primary amides is 2. The topological polar surface area (TPSA) is 124 Å². The van der Waals surface area contributed by atoms with E-state index in [1.54, 1.807) is 0 Å². The maximum Gasteiger partial charge on any atom is 0.267 e. The highest BCUT2D eigenvalue weighted by molar-refractivity contribution is 6.08. The Hall–Kier alpha value is -2.57. The van der Waals surface area contributed by atoms with Crippen LogP contribution in [0.3, 0.4) is 0 Å². The molecule has 2 aromatic heterocycles. The van der Waals surface area contributed by atoms with Gasteiger partial charge in [-0.15, -0.1) is 0 Å². The molecule has 0 spiro atoms. The molecule has 0 aliphatic rings. The molecule has 0 aliphatic heterocycles. The van der Waals surface area contributed by atoms with Crippen LogP contribution in [0.1, 0.15) is 20.8 Å². The van der Waals surface area contributed by atoms with Crippen LogP contribution in [0.5, 0.6) is 5.88 Å². The molecule has 0 radical (unpaired) electrons. The van der Waals surface area contributed by atoms with Crippen molar-refractivity contribution in [3.63, 3.8) is 0 Å². The number of carbonyl (C=O) groups excluding carboxylic acids is 2. The van der Waals surface area contributed by atoms with Gasteiger partial charge in [-0.05, 0) is 6.07 Å². The minimum Gasteiger partial charge on any atom is -0.479 e. The molecule has 2 heterocycles. The first-order chi connectivity index (χ1) is 8.04. The number of aromatic nitrogens is 2. The summed E-state index contributed by atoms with van der Waals surface area (Å²) >= 11 is 0. The van der Waals surface area contributed by atoms with Crippen molar-refractivity contribution in [2.75, 3.05) is 7.11 Å². The summed E-state index contributed by atoms with van der Waals surface area (Å²) in [4.78, 5) is 29.0. The number of amides is 2. The molecule has 7 nitrogen and oxygen atoms in total. The Morgan fingerprint density at radius 3 is 2.59 bits per heavy atom. The minimum atomic E-state index is -0.707. The van der Waals surface area contributed by atoms with Gasteiger partial charge in [-0.1, -0.05) is 0 Å². The van der Waals surface area contributed by atoms with Crippen LogP contribution in [0.2, 0.25) is 0 Å². The lowest BCUT2D eigenvalue weighted by molar-refractivity contribution is 0.0988. The fourth-order valence-electron chi connectivity index (χ4n) is 1.57. The number of rotatable bonds is 3. The summed E-state index contributed by atoms with van der Waals surface area (Å²) < 4.78 is 5.01. The zero-order chi connectivity index (χ0) is 12.6. The lowest BCUT2D eigenvalue weighted by Crippen LogP contribution is -2.14. The zero-order valence-electron chi connectivity index (χ0n) is 8.98. The molecule has 0 saturated heterocycles. The summed E-state index contributed by atoms with van der Waals surface area (Å²) in [6, 6.07) is 1.40. The number of aromatic amines is 1. The van der Waals surface area contributed by atoms with Gasteiger partial charge in [-0.25, -0.2) is 4.98 Å². The van der Waals surface area contributed by atoms with E-state index >= 15 is 0 Å². The molecular weight excluding hydrogens is 224 g/mol. The first-order valence-electron chi connectivity index (χ1n) is 4.70. The Labute approximate surface area is 95.8 Å². The van der Waals surface area contributed by atoms with E-state index in [4.69, 9.17) is 16.2 Å². The normalized spacial score (nSPS) is 10.4. The Balaban J connectivity index is 2.81. The number of nitrogens with two attached hydrogens (primary N) is 2. The van der Waals surface area contributed by atoms with Crippen molar-refractivity contribution in [3.05, 3.63) is 23.5 Å². The van der Waals surface area contributed by atoms with E-state index in [0.29, 0.717) is 10.9 Å². The van der Waals surface area contributed by atoms with E-state index in [0.717, 1.165) is 0 Å². The van der Waals surface area contributed by atoms with E-state index in [2.05, 4.69) is 9.97 Å². The van der Waals surface area contributed by atoms with E-state index < -0.39 is 11.8 Å². The van der Waals surface area contributed by atoms with E-state index in [9.17, 15) is 9.59 Å². The molecule has 0 bridgehead atoms. The molecular formula is C10H10N4O3. The summed E-state index contributed by atoms with van der Waals surface area (Å²) in [5, 5.41) is 0.457. The quantitative estimate of drug-likeness (QED) is 0.678. The monoisotopic (exact) mass is 234 g/mol. The van der Waals surface area contributed by atoms with Crippen molar-refractivity contribution in [1.82, 2.24) is 9.97 Å². The van der Waals surface area contributed by atoms with E-state index in [1.807, 2.05) is 0 Å². The van der Waals surface area contributed by atoms with Crippen molar-refractivity contribution < 1.29 is 14.3 Å². The van der Waals surface area contributed by atoms with Crippen LogP contribution >= 0.6 is 0 Å². The first-order valence-corrected chi connectivity index (χ1v) is 4.70. The number of carbonyl (C=O) groups is 2. The number of fused-ring (bicyclic) bond motifs is 1. The van der Waals surface area contributed by atoms with Crippen molar-refractivity contribution in [2.45, 2.75) is 0 Å². The van der Waals surface area contributed by atoms with E-state index in [-0.39, 0.29) is 17.1 Å². The predicted octanol–water partition coefficient (Wildman–Crippen LogP) is -0.231. The Morgan fingerprint density at radius 2 is 2.06 bits per heavy atom. The second kappa shape index (κ2) is 3.78. The molecule has 0 fully saturated rings. The second-order valence-corrected chi connectivity index (χ2v) is 3.37. The van der Waals surface area contributed by atoms with Gasteiger partial charge in [0, 0.05) is 11.6 Å². The highest BCUT2D eigenvalue weighted by atomic mass is 16.5. The molecule has 2 rings (SSSR count). The largest absolute Gasteiger partial charge is 0.479 e. The number of nitrogens with zero attached hydrogens (tertiary/aromatic N) is 1. The predicted molar refractivity (Wildman–Crippen MR) is 59.7 cm³/mol. The molecule has 5 N–H and O–H groups in total. The van der Waals surface area contributed by atoms with Crippen molar-refractivity contribution in [3.8, 4) is 5.88 Å². The standard InChI is InChI=1S/C10H10N4O3/c1-17-10-7-4(2-6(14-10)9(12)16)5(3-13-7)8(11)15/h2-3,13H,1H3,(H2,11,15)(H2,12,16). The second-order valence-electron chi connectivity index (χ2n) is 3.37. The van der Waals surface area contributed by atoms with Gasteiger partial charge in [0.2, 0.25) is 5.88 Å². The Bertz CT molecular complexity index is 617. The van der Waals surface area contributed by atoms with Gasteiger partial charge in [0.25, 0.3) is 11.8 Å². The molecule has 0 aromatic carbocycles. The lowest BCUT2D eigenvalue weighted by Gasteiger charge is -2.03. The summed E-state index contributed by atoms with van der Waals surface area (Å²) in [7, 11) is 1.40. The highest BCUT2D eigenvalue weighted by Gasteiger charge is 2.16. The van der Waals surface area contributed by atoms with Gasteiger partial charge >= 0.3 is 0 Å². The molecule has 17 heavy (non-hydrogen) atoms. The Morgan fingerprint density at radius 1 is 1.35 bits per heavy atom. The van der Waals surface area contributed by atoms with Crippen molar-refractivity contribution in [2.24, 2.45) is 11.5 Å². The maximum absolute atomic E-state index is 11.2. The third-order valence-electron chi connectivity index (χ3n) is 2.35. The van der Waals surface area contributed by atoms with Gasteiger partial charge < -0.3 is 21.2 Å². The highest BCUT2D eigenvalue weighted by Crippen LogP contribution is 2.26. The SMILES string of the molecule is COc1nc(C(N)=O)cc2c(C(N)=O)c[nH]c12. The summed E-state index contributed by atoms with van der Waals surface area (Å²) in [6.07, 6.45) is 1.43. The zero-order valence-corrected chi connectivity index (χ0v) is 8.98. The summed E-state index contributed by atoms with van der Waals surface area (Å²) in [6.45, 7) is 0. The molecule has 2 amide bonds. The smallest absolute Gasteiger partial charge is 0.267 e. The summed E-state index contributed by atoms with van der Waals surface area (Å²) in [5.41, 5.74) is 11.1. The van der Waals surface area contributed by atoms with Crippen LogP contribution < -0.4 is 16.2 Å². The maximum atomic E-state index is 11.2. The summed E-state index contributed by atoms with van der Waals surface area (Å²) in [5.74, 6) is -1.13. The van der Waals surface area contributed by atoms with Crippen LogP contribution in [0.4, 0.5) is 0 Å². The van der Waals surface area contributed by atoms with Crippen LogP contribution in [0, 0.1) is 0 Å². The number of ether oxygens (including phenoxy) is 1. The van der Waals surface area contributed by atoms with Crippen LogP contribution in [-0.4, -0.2) is 28.9 Å². The molecule has 0 unspecified atom stereocenters. The number of hydrogen-bond donors (Lipinski definition) is 3. The Kier molecular flexibility index (Phi) is 2.43.